The second-order valence-electron chi connectivity index (χ2n) is 2.57. The molecule has 1 aromatic carbocycles. The quantitative estimate of drug-likeness (QED) is 0.657. The molecule has 2 nitrogen and oxygen atoms in total. The molecule has 1 aliphatic rings. The second-order valence-corrected chi connectivity index (χ2v) is 2.57. The van der Waals surface area contributed by atoms with Crippen LogP contribution in [0.25, 0.3) is 0 Å². The molecule has 0 spiro atoms. The van der Waals surface area contributed by atoms with Gasteiger partial charge in [-0.05, 0) is 12.1 Å². The summed E-state index contributed by atoms with van der Waals surface area (Å²) >= 11 is 0. The lowest BCUT2D eigenvalue weighted by atomic mass is 10.3. The first-order valence-corrected chi connectivity index (χ1v) is 3.60. The lowest BCUT2D eigenvalue weighted by molar-refractivity contribution is -0.0563. The Morgan fingerprint density at radius 2 is 1.69 bits per heavy atom. The van der Waals surface area contributed by atoms with Gasteiger partial charge >= 0.3 is 6.18 Å². The minimum absolute atomic E-state index is 0.440. The summed E-state index contributed by atoms with van der Waals surface area (Å²) in [6, 6.07) is 8.21. The van der Waals surface area contributed by atoms with Gasteiger partial charge in [-0.25, -0.2) is 5.01 Å². The first-order chi connectivity index (χ1) is 6.09. The van der Waals surface area contributed by atoms with Crippen molar-refractivity contribution in [3.8, 4) is 0 Å². The maximum atomic E-state index is 12.0. The molecule has 1 aromatic rings. The smallest absolute Gasteiger partial charge is 0.207 e. The number of hydrogen-bond donors (Lipinski definition) is 0. The molecule has 1 heterocycles. The highest BCUT2D eigenvalue weighted by Gasteiger charge is 2.49. The largest absolute Gasteiger partial charge is 0.453 e. The fraction of sp³-hybridized carbons (Fsp3) is 0.125. The van der Waals surface area contributed by atoms with Gasteiger partial charge in [0, 0.05) is 0 Å². The number of benzene rings is 1. The summed E-state index contributed by atoms with van der Waals surface area (Å²) in [5.41, 5.74) is 0.440. The van der Waals surface area contributed by atoms with E-state index in [1.54, 1.807) is 30.3 Å². The van der Waals surface area contributed by atoms with E-state index in [9.17, 15) is 13.2 Å². The van der Waals surface area contributed by atoms with E-state index >= 15 is 0 Å². The van der Waals surface area contributed by atoms with Gasteiger partial charge in [-0.3, -0.25) is 0 Å². The number of halogens is 3. The van der Waals surface area contributed by atoms with Gasteiger partial charge in [0.2, 0.25) is 0 Å². The minimum Gasteiger partial charge on any atom is -0.207 e. The van der Waals surface area contributed by atoms with Crippen LogP contribution in [0.3, 0.4) is 0 Å². The zero-order valence-electron chi connectivity index (χ0n) is 6.42. The van der Waals surface area contributed by atoms with Crippen molar-refractivity contribution in [2.24, 2.45) is 5.10 Å². The van der Waals surface area contributed by atoms with Gasteiger partial charge in [-0.1, -0.05) is 18.2 Å². The van der Waals surface area contributed by atoms with Crippen LogP contribution in [-0.2, 0) is 0 Å². The summed E-state index contributed by atoms with van der Waals surface area (Å²) in [4.78, 5) is 0. The van der Waals surface area contributed by atoms with Crippen molar-refractivity contribution < 1.29 is 13.2 Å². The van der Waals surface area contributed by atoms with Crippen LogP contribution in [0.2, 0.25) is 0 Å². The van der Waals surface area contributed by atoms with Crippen LogP contribution in [-0.4, -0.2) is 12.0 Å². The van der Waals surface area contributed by atoms with Crippen molar-refractivity contribution in [1.29, 1.82) is 0 Å². The highest BCUT2D eigenvalue weighted by Crippen LogP contribution is 2.32. The third-order valence-electron chi connectivity index (χ3n) is 1.61. The lowest BCUT2D eigenvalue weighted by Crippen LogP contribution is -2.21. The van der Waals surface area contributed by atoms with E-state index in [0.717, 1.165) is 5.01 Å². The Balaban J connectivity index is 2.12. The first-order valence-electron chi connectivity index (χ1n) is 3.60. The average molecular weight is 186 g/mol. The molecular formula is C8H5F3N2. The lowest BCUT2D eigenvalue weighted by Gasteiger charge is -2.03. The summed E-state index contributed by atoms with van der Waals surface area (Å²) in [5.74, 6) is -0.835. The second kappa shape index (κ2) is 2.48. The van der Waals surface area contributed by atoms with Gasteiger partial charge in [-0.15, -0.1) is 5.10 Å². The van der Waals surface area contributed by atoms with Crippen molar-refractivity contribution in [3.05, 3.63) is 30.3 Å². The summed E-state index contributed by atoms with van der Waals surface area (Å²) in [6.45, 7) is 0. The van der Waals surface area contributed by atoms with Gasteiger partial charge in [-0.2, -0.15) is 13.2 Å². The fourth-order valence-corrected chi connectivity index (χ4v) is 0.998. The number of amidine groups is 1. The number of hydrazone groups is 1. The Morgan fingerprint density at radius 3 is 2.15 bits per heavy atom. The highest BCUT2D eigenvalue weighted by molar-refractivity contribution is 6.11. The number of nitrogens with zero attached hydrogens (tertiary/aromatic N) is 2. The van der Waals surface area contributed by atoms with Crippen LogP contribution in [0.15, 0.2) is 35.4 Å². The molecule has 0 bridgehead atoms. The van der Waals surface area contributed by atoms with Crippen molar-refractivity contribution in [2.45, 2.75) is 6.18 Å². The SMILES string of the molecule is FC(F)(F)C1=NN1c1ccccc1. The topological polar surface area (TPSA) is 15.4 Å². The maximum absolute atomic E-state index is 12.0. The van der Waals surface area contributed by atoms with Crippen molar-refractivity contribution in [1.82, 2.24) is 0 Å². The molecule has 0 aliphatic carbocycles. The van der Waals surface area contributed by atoms with E-state index in [1.165, 1.54) is 0 Å². The molecule has 0 atom stereocenters. The Morgan fingerprint density at radius 1 is 1.08 bits per heavy atom. The number of rotatable bonds is 1. The van der Waals surface area contributed by atoms with Crippen molar-refractivity contribution in [2.75, 3.05) is 5.01 Å². The molecule has 0 amide bonds. The third-order valence-corrected chi connectivity index (χ3v) is 1.61. The van der Waals surface area contributed by atoms with Crippen molar-refractivity contribution in [3.63, 3.8) is 0 Å². The molecular weight excluding hydrogens is 181 g/mol. The van der Waals surface area contributed by atoms with E-state index in [4.69, 9.17) is 0 Å². The predicted octanol–water partition coefficient (Wildman–Crippen LogP) is 2.38. The number of para-hydroxylation sites is 1. The summed E-state index contributed by atoms with van der Waals surface area (Å²) in [7, 11) is 0. The van der Waals surface area contributed by atoms with Gasteiger partial charge < -0.3 is 0 Å². The Hall–Kier alpha value is -1.52. The molecule has 5 heteroatoms. The van der Waals surface area contributed by atoms with Gasteiger partial charge in [0.25, 0.3) is 5.84 Å². The summed E-state index contributed by atoms with van der Waals surface area (Å²) in [5, 5.41) is 4.10. The zero-order valence-corrected chi connectivity index (χ0v) is 6.42. The Kier molecular flexibility index (Phi) is 1.55. The fourth-order valence-electron chi connectivity index (χ4n) is 0.998. The Labute approximate surface area is 72.3 Å². The average Bonchev–Trinajstić information content (AvgIpc) is 2.83. The molecule has 0 aromatic heterocycles. The van der Waals surface area contributed by atoms with E-state index in [1.807, 2.05) is 0 Å². The maximum Gasteiger partial charge on any atom is 0.453 e. The standard InChI is InChI=1S/C8H5F3N2/c9-8(10,11)7-12-13(7)6-4-2-1-3-5-6/h1-5H. The van der Waals surface area contributed by atoms with Crippen LogP contribution in [0.5, 0.6) is 0 Å². The number of alkyl halides is 3. The van der Waals surface area contributed by atoms with Crippen LogP contribution >= 0.6 is 0 Å². The molecule has 13 heavy (non-hydrogen) atoms. The number of hydrogen-bond acceptors (Lipinski definition) is 2. The first kappa shape index (κ1) is 8.10. The normalized spacial score (nSPS) is 15.6. The van der Waals surface area contributed by atoms with Crippen LogP contribution in [0.4, 0.5) is 18.9 Å². The van der Waals surface area contributed by atoms with Gasteiger partial charge in [0.1, 0.15) is 0 Å². The van der Waals surface area contributed by atoms with Gasteiger partial charge in [0.05, 0.1) is 5.69 Å². The van der Waals surface area contributed by atoms with E-state index in [0.29, 0.717) is 5.69 Å². The molecule has 0 unspecified atom stereocenters. The molecule has 68 valence electrons. The third kappa shape index (κ3) is 1.49. The molecule has 0 fully saturated rings. The van der Waals surface area contributed by atoms with Crippen LogP contribution < -0.4 is 5.01 Å². The molecule has 0 saturated carbocycles. The summed E-state index contributed by atoms with van der Waals surface area (Å²) in [6.07, 6.45) is -4.34. The molecule has 0 radical (unpaired) electrons. The predicted molar refractivity (Wildman–Crippen MR) is 42.4 cm³/mol. The molecule has 2 rings (SSSR count). The summed E-state index contributed by atoms with van der Waals surface area (Å²) < 4.78 is 36.0. The van der Waals surface area contributed by atoms with Crippen LogP contribution in [0.1, 0.15) is 0 Å². The Bertz CT molecular complexity index is 342. The van der Waals surface area contributed by atoms with E-state index in [2.05, 4.69) is 5.10 Å². The minimum atomic E-state index is -4.34. The van der Waals surface area contributed by atoms with Gasteiger partial charge in [0.15, 0.2) is 0 Å². The van der Waals surface area contributed by atoms with E-state index in [-0.39, 0.29) is 0 Å². The van der Waals surface area contributed by atoms with Crippen LogP contribution in [0, 0.1) is 0 Å². The highest BCUT2D eigenvalue weighted by atomic mass is 19.4. The molecule has 0 saturated heterocycles. The van der Waals surface area contributed by atoms with E-state index < -0.39 is 12.0 Å². The monoisotopic (exact) mass is 186 g/mol. The molecule has 0 N–H and O–H groups in total. The van der Waals surface area contributed by atoms with Crippen molar-refractivity contribution >= 4 is 11.5 Å². The zero-order chi connectivity index (χ0) is 9.47. The molecule has 1 aliphatic heterocycles. The number of anilines is 1.